The molecule has 3 nitrogen and oxygen atoms in total. The second-order valence-corrected chi connectivity index (χ2v) is 26.9. The zero-order chi connectivity index (χ0) is 56.9. The molecule has 0 fully saturated rings. The Balaban J connectivity index is 1.03. The number of benzene rings is 11. The minimum atomic E-state index is -0.172. The molecule has 3 heterocycles. The molecule has 0 amide bonds. The Bertz CT molecular complexity index is 4350. The van der Waals surface area contributed by atoms with Crippen LogP contribution in [0.3, 0.4) is 0 Å². The number of hydrogen-bond acceptors (Lipinski definition) is 4. The van der Waals surface area contributed by atoms with Crippen LogP contribution in [0, 0.1) is 0 Å². The first-order valence-electron chi connectivity index (χ1n) is 29.3. The van der Waals surface area contributed by atoms with Gasteiger partial charge in [-0.15, -0.1) is 11.3 Å². The smallest absolute Gasteiger partial charge is 0.252 e. The maximum atomic E-state index is 2.58. The van der Waals surface area contributed by atoms with Crippen molar-refractivity contribution in [2.24, 2.45) is 0 Å². The lowest BCUT2D eigenvalue weighted by Crippen LogP contribution is -2.61. The van der Waals surface area contributed by atoms with Crippen LogP contribution >= 0.6 is 11.3 Å². The molecule has 12 aromatic rings. The lowest BCUT2D eigenvalue weighted by atomic mass is 9.33. The molecule has 11 aromatic carbocycles. The summed E-state index contributed by atoms with van der Waals surface area (Å²) in [6, 6.07) is 94.0. The first-order valence-corrected chi connectivity index (χ1v) is 30.2. The molecule has 1 aromatic heterocycles. The molecule has 404 valence electrons. The summed E-state index contributed by atoms with van der Waals surface area (Å²) < 4.78 is 2.62. The van der Waals surface area contributed by atoms with Crippen LogP contribution in [0.15, 0.2) is 249 Å². The highest BCUT2D eigenvalue weighted by atomic mass is 32.1. The second kappa shape index (κ2) is 19.9. The topological polar surface area (TPSA) is 9.72 Å². The molecular weight excluding hydrogens is 1020 g/mol. The van der Waals surface area contributed by atoms with E-state index in [9.17, 15) is 0 Å². The fraction of sp³-hybridized carbons (Fsp3) is 0.154. The molecule has 0 spiro atoms. The summed E-state index contributed by atoms with van der Waals surface area (Å²) in [4.78, 5) is 7.61. The normalized spacial score (nSPS) is 13.0. The fourth-order valence-corrected chi connectivity index (χ4v) is 14.0. The van der Waals surface area contributed by atoms with Crippen LogP contribution in [0.2, 0.25) is 0 Å². The highest BCUT2D eigenvalue weighted by Gasteiger charge is 2.45. The van der Waals surface area contributed by atoms with Crippen molar-refractivity contribution >= 4 is 106 Å². The van der Waals surface area contributed by atoms with Crippen LogP contribution in [0.1, 0.15) is 79.0 Å². The molecule has 0 atom stereocenters. The standard InChI is InChI=1S/C78H68BN3S/c1-76(2,3)56-32-40-59(41-33-56)80(60-42-34-57(35-43-60)77(4,5)6)63-44-46-69-67(50-63)79-66-47-55(52-21-14-11-15-22-52)31-45-68(66)81(61-36-27-53(28-37-61)51-19-12-10-13-20-51)70-48-58(78(7,8)9)49-71(75(70)79)82(69)62-38-29-54(30-39-62)64-24-18-26-73-74(64)65-23-16-17-25-72(65)83-73/h10-50H,1-9H3. The van der Waals surface area contributed by atoms with Gasteiger partial charge in [-0.25, -0.2) is 0 Å². The third-order valence-corrected chi connectivity index (χ3v) is 18.5. The van der Waals surface area contributed by atoms with Crippen molar-refractivity contribution in [2.75, 3.05) is 14.7 Å². The Labute approximate surface area is 494 Å². The van der Waals surface area contributed by atoms with Crippen molar-refractivity contribution in [3.63, 3.8) is 0 Å². The van der Waals surface area contributed by atoms with Gasteiger partial charge in [-0.3, -0.25) is 0 Å². The minimum absolute atomic E-state index is 0.0135. The largest absolute Gasteiger partial charge is 0.311 e. The van der Waals surface area contributed by atoms with E-state index in [1.165, 1.54) is 109 Å². The van der Waals surface area contributed by atoms with E-state index in [2.05, 4.69) is 326 Å². The van der Waals surface area contributed by atoms with E-state index in [1.807, 2.05) is 11.3 Å². The summed E-state index contributed by atoms with van der Waals surface area (Å²) in [5.41, 5.74) is 25.2. The number of rotatable bonds is 8. The Morgan fingerprint density at radius 2 is 0.783 bits per heavy atom. The second-order valence-electron chi connectivity index (χ2n) is 25.8. The van der Waals surface area contributed by atoms with E-state index in [1.54, 1.807) is 0 Å². The van der Waals surface area contributed by atoms with Gasteiger partial charge in [0.05, 0.1) is 0 Å². The van der Waals surface area contributed by atoms with Crippen LogP contribution in [-0.2, 0) is 16.2 Å². The first kappa shape index (κ1) is 52.2. The van der Waals surface area contributed by atoms with Crippen LogP contribution < -0.4 is 31.1 Å². The minimum Gasteiger partial charge on any atom is -0.311 e. The molecule has 0 radical (unpaired) electrons. The first-order chi connectivity index (χ1) is 40.0. The Hall–Kier alpha value is -8.90. The molecule has 0 unspecified atom stereocenters. The van der Waals surface area contributed by atoms with E-state index >= 15 is 0 Å². The number of nitrogens with zero attached hydrogens (tertiary/aromatic N) is 3. The van der Waals surface area contributed by atoms with Crippen molar-refractivity contribution in [1.82, 2.24) is 0 Å². The quantitative estimate of drug-likeness (QED) is 0.140. The summed E-state index contributed by atoms with van der Waals surface area (Å²) in [5, 5.41) is 2.63. The van der Waals surface area contributed by atoms with E-state index in [0.717, 1.165) is 28.4 Å². The van der Waals surface area contributed by atoms with Crippen LogP contribution in [0.25, 0.3) is 53.6 Å². The van der Waals surface area contributed by atoms with Crippen LogP contribution in [-0.4, -0.2) is 6.71 Å². The SMILES string of the molecule is CC(C)(C)c1ccc(N(c2ccc(C(C)(C)C)cc2)c2ccc3c(c2)B2c4cc(-c5ccccc5)ccc4N(c4ccc(-c5ccccc5)cc4)c4cc(C(C)(C)C)cc(c42)N3c2ccc(-c3cccc4sc5ccccc5c34)cc2)cc1. The van der Waals surface area contributed by atoms with Gasteiger partial charge in [-0.1, -0.05) is 214 Å². The lowest BCUT2D eigenvalue weighted by molar-refractivity contribution is 0.590. The van der Waals surface area contributed by atoms with Crippen LogP contribution in [0.5, 0.6) is 0 Å². The summed E-state index contributed by atoms with van der Waals surface area (Å²) in [5.74, 6) is 0. The van der Waals surface area contributed by atoms with E-state index in [0.29, 0.717) is 0 Å². The molecule has 0 aliphatic carbocycles. The predicted molar refractivity (Wildman–Crippen MR) is 360 cm³/mol. The molecule has 2 aliphatic rings. The zero-order valence-corrected chi connectivity index (χ0v) is 49.8. The summed E-state index contributed by atoms with van der Waals surface area (Å²) in [6.45, 7) is 20.7. The molecular formula is C78H68BN3S. The molecule has 0 saturated heterocycles. The van der Waals surface area contributed by atoms with Crippen molar-refractivity contribution < 1.29 is 0 Å². The van der Waals surface area contributed by atoms with Crippen molar-refractivity contribution in [2.45, 2.75) is 78.6 Å². The highest BCUT2D eigenvalue weighted by Crippen LogP contribution is 2.49. The van der Waals surface area contributed by atoms with Crippen molar-refractivity contribution in [3.8, 4) is 33.4 Å². The Morgan fingerprint density at radius 3 is 1.34 bits per heavy atom. The van der Waals surface area contributed by atoms with Gasteiger partial charge in [0.25, 0.3) is 6.71 Å². The van der Waals surface area contributed by atoms with Gasteiger partial charge in [0.1, 0.15) is 0 Å². The molecule has 83 heavy (non-hydrogen) atoms. The molecule has 14 rings (SSSR count). The Kier molecular flexibility index (Phi) is 12.5. The molecule has 5 heteroatoms. The monoisotopic (exact) mass is 1090 g/mol. The maximum absolute atomic E-state index is 2.58. The van der Waals surface area contributed by atoms with E-state index in [4.69, 9.17) is 0 Å². The highest BCUT2D eigenvalue weighted by molar-refractivity contribution is 7.26. The number of fused-ring (bicyclic) bond motifs is 7. The number of anilines is 9. The van der Waals surface area contributed by atoms with E-state index < -0.39 is 0 Å². The predicted octanol–water partition coefficient (Wildman–Crippen LogP) is 20.5. The average Bonchev–Trinajstić information content (AvgIpc) is 3.68. The summed E-state index contributed by atoms with van der Waals surface area (Å²) in [6.07, 6.45) is 0. The van der Waals surface area contributed by atoms with Gasteiger partial charge in [-0.05, 0) is 180 Å². The van der Waals surface area contributed by atoms with Gasteiger partial charge < -0.3 is 14.7 Å². The van der Waals surface area contributed by atoms with Gasteiger partial charge in [0.2, 0.25) is 0 Å². The third-order valence-electron chi connectivity index (χ3n) is 17.3. The van der Waals surface area contributed by atoms with Gasteiger partial charge in [0, 0.05) is 71.4 Å². The molecule has 2 aliphatic heterocycles. The zero-order valence-electron chi connectivity index (χ0n) is 49.0. The van der Waals surface area contributed by atoms with Gasteiger partial charge >= 0.3 is 0 Å². The van der Waals surface area contributed by atoms with E-state index in [-0.39, 0.29) is 23.0 Å². The van der Waals surface area contributed by atoms with Gasteiger partial charge in [0.15, 0.2) is 0 Å². The summed E-state index contributed by atoms with van der Waals surface area (Å²) in [7, 11) is 0. The van der Waals surface area contributed by atoms with Crippen molar-refractivity contribution in [1.29, 1.82) is 0 Å². The molecule has 0 saturated carbocycles. The lowest BCUT2D eigenvalue weighted by Gasteiger charge is -2.45. The average molecular weight is 1090 g/mol. The van der Waals surface area contributed by atoms with Crippen LogP contribution in [0.4, 0.5) is 51.2 Å². The third kappa shape index (κ3) is 9.23. The molecule has 0 bridgehead atoms. The van der Waals surface area contributed by atoms with Gasteiger partial charge in [-0.2, -0.15) is 0 Å². The van der Waals surface area contributed by atoms with Crippen molar-refractivity contribution in [3.05, 3.63) is 265 Å². The maximum Gasteiger partial charge on any atom is 0.252 e. The number of thiophene rings is 1. The Morgan fingerprint density at radius 1 is 0.337 bits per heavy atom. The number of hydrogen-bond donors (Lipinski definition) is 0. The fourth-order valence-electron chi connectivity index (χ4n) is 12.8. The summed E-state index contributed by atoms with van der Waals surface area (Å²) >= 11 is 1.87. The molecule has 0 N–H and O–H groups in total.